The maximum Gasteiger partial charge on any atom is 0.251 e. The van der Waals surface area contributed by atoms with E-state index in [4.69, 9.17) is 4.74 Å². The molecule has 0 aromatic heterocycles. The first-order valence-electron chi connectivity index (χ1n) is 8.25. The Kier molecular flexibility index (Phi) is 6.24. The quantitative estimate of drug-likeness (QED) is 0.812. The smallest absolute Gasteiger partial charge is 0.251 e. The van der Waals surface area contributed by atoms with E-state index in [-0.39, 0.29) is 11.9 Å². The van der Waals surface area contributed by atoms with Crippen molar-refractivity contribution in [2.24, 2.45) is 5.92 Å². The monoisotopic (exact) mass is 326 g/mol. The second-order valence-electron chi connectivity index (χ2n) is 6.26. The number of rotatable bonds is 7. The van der Waals surface area contributed by atoms with Crippen LogP contribution in [0.15, 0.2) is 48.5 Å². The third kappa shape index (κ3) is 4.75. The third-order valence-corrected chi connectivity index (χ3v) is 4.08. The van der Waals surface area contributed by atoms with Crippen LogP contribution in [0.2, 0.25) is 0 Å². The number of methoxy groups -OCH3 is 1. The van der Waals surface area contributed by atoms with E-state index >= 15 is 0 Å². The van der Waals surface area contributed by atoms with Crippen molar-refractivity contribution in [3.05, 3.63) is 59.7 Å². The lowest BCUT2D eigenvalue weighted by atomic mass is 10.0. The number of anilines is 1. The number of para-hydroxylation sites is 1. The van der Waals surface area contributed by atoms with Gasteiger partial charge < -0.3 is 15.4 Å². The van der Waals surface area contributed by atoms with Crippen LogP contribution < -0.4 is 15.4 Å². The molecule has 4 nitrogen and oxygen atoms in total. The first-order valence-corrected chi connectivity index (χ1v) is 8.25. The largest absolute Gasteiger partial charge is 0.496 e. The van der Waals surface area contributed by atoms with Crippen molar-refractivity contribution in [2.75, 3.05) is 19.0 Å². The standard InChI is InChI=1S/C20H26N2O2/c1-14(2)18(22-17-8-6-5-7-9-17)13-21-20(23)16-11-10-15(3)19(12-16)24-4/h5-12,14,18,22H,13H2,1-4H3,(H,21,23). The van der Waals surface area contributed by atoms with Gasteiger partial charge in [-0.3, -0.25) is 4.79 Å². The Morgan fingerprint density at radius 2 is 1.83 bits per heavy atom. The van der Waals surface area contributed by atoms with E-state index in [0.29, 0.717) is 18.0 Å². The number of hydrogen-bond acceptors (Lipinski definition) is 3. The van der Waals surface area contributed by atoms with E-state index in [1.807, 2.05) is 49.4 Å². The van der Waals surface area contributed by atoms with Gasteiger partial charge in [0.15, 0.2) is 0 Å². The van der Waals surface area contributed by atoms with Crippen LogP contribution in [0.5, 0.6) is 5.75 Å². The Labute approximate surface area is 144 Å². The number of carbonyl (C=O) groups excluding carboxylic acids is 1. The molecule has 0 radical (unpaired) electrons. The van der Waals surface area contributed by atoms with Crippen molar-refractivity contribution < 1.29 is 9.53 Å². The van der Waals surface area contributed by atoms with E-state index < -0.39 is 0 Å². The minimum absolute atomic E-state index is 0.0891. The summed E-state index contributed by atoms with van der Waals surface area (Å²) in [5.41, 5.74) is 2.68. The second-order valence-corrected chi connectivity index (χ2v) is 6.26. The van der Waals surface area contributed by atoms with Gasteiger partial charge in [0.1, 0.15) is 5.75 Å². The molecule has 0 saturated heterocycles. The third-order valence-electron chi connectivity index (χ3n) is 4.08. The molecule has 2 N–H and O–H groups in total. The lowest BCUT2D eigenvalue weighted by Gasteiger charge is -2.24. The zero-order valence-corrected chi connectivity index (χ0v) is 14.8. The number of hydrogen-bond donors (Lipinski definition) is 2. The van der Waals surface area contributed by atoms with Gasteiger partial charge in [0.25, 0.3) is 5.91 Å². The van der Waals surface area contributed by atoms with Gasteiger partial charge in [-0.25, -0.2) is 0 Å². The average Bonchev–Trinajstić information content (AvgIpc) is 2.59. The van der Waals surface area contributed by atoms with Crippen LogP contribution in [-0.2, 0) is 0 Å². The lowest BCUT2D eigenvalue weighted by molar-refractivity contribution is 0.0950. The van der Waals surface area contributed by atoms with E-state index in [9.17, 15) is 4.79 Å². The van der Waals surface area contributed by atoms with Crippen LogP contribution in [0.3, 0.4) is 0 Å². The summed E-state index contributed by atoms with van der Waals surface area (Å²) in [6, 6.07) is 15.7. The lowest BCUT2D eigenvalue weighted by Crippen LogP contribution is -2.39. The van der Waals surface area contributed by atoms with Crippen LogP contribution in [0.25, 0.3) is 0 Å². The molecule has 0 aliphatic heterocycles. The van der Waals surface area contributed by atoms with Crippen molar-refractivity contribution >= 4 is 11.6 Å². The summed E-state index contributed by atoms with van der Waals surface area (Å²) in [7, 11) is 1.61. The maximum absolute atomic E-state index is 12.4. The number of benzene rings is 2. The molecule has 2 rings (SSSR count). The van der Waals surface area contributed by atoms with Gasteiger partial charge in [-0.05, 0) is 42.7 Å². The van der Waals surface area contributed by atoms with Crippen molar-refractivity contribution in [1.29, 1.82) is 0 Å². The summed E-state index contributed by atoms with van der Waals surface area (Å²) in [6.45, 7) is 6.80. The highest BCUT2D eigenvalue weighted by molar-refractivity contribution is 5.94. The number of nitrogens with one attached hydrogen (secondary N) is 2. The van der Waals surface area contributed by atoms with E-state index in [1.54, 1.807) is 13.2 Å². The molecular formula is C20H26N2O2. The Balaban J connectivity index is 2.00. The van der Waals surface area contributed by atoms with E-state index in [1.165, 1.54) is 0 Å². The normalized spacial score (nSPS) is 11.9. The summed E-state index contributed by atoms with van der Waals surface area (Å²) in [6.07, 6.45) is 0. The number of amides is 1. The van der Waals surface area contributed by atoms with Gasteiger partial charge in [-0.15, -0.1) is 0 Å². The zero-order valence-electron chi connectivity index (χ0n) is 14.8. The molecule has 128 valence electrons. The fourth-order valence-electron chi connectivity index (χ4n) is 2.47. The molecule has 0 bridgehead atoms. The van der Waals surface area contributed by atoms with Crippen LogP contribution in [0, 0.1) is 12.8 Å². The fourth-order valence-corrected chi connectivity index (χ4v) is 2.47. The van der Waals surface area contributed by atoms with E-state index in [0.717, 1.165) is 17.0 Å². The topological polar surface area (TPSA) is 50.4 Å². The molecule has 0 aliphatic rings. The highest BCUT2D eigenvalue weighted by atomic mass is 16.5. The van der Waals surface area contributed by atoms with Crippen molar-refractivity contribution in [3.63, 3.8) is 0 Å². The van der Waals surface area contributed by atoms with Crippen LogP contribution in [0.1, 0.15) is 29.8 Å². The highest BCUT2D eigenvalue weighted by Gasteiger charge is 2.15. The maximum atomic E-state index is 12.4. The fraction of sp³-hybridized carbons (Fsp3) is 0.350. The molecule has 1 unspecified atom stereocenters. The molecular weight excluding hydrogens is 300 g/mol. The van der Waals surface area contributed by atoms with Gasteiger partial charge >= 0.3 is 0 Å². The SMILES string of the molecule is COc1cc(C(=O)NCC(Nc2ccccc2)C(C)C)ccc1C. The first kappa shape index (κ1) is 17.9. The van der Waals surface area contributed by atoms with Gasteiger partial charge in [0.05, 0.1) is 7.11 Å². The van der Waals surface area contributed by atoms with E-state index in [2.05, 4.69) is 24.5 Å². The molecule has 1 amide bonds. The second kappa shape index (κ2) is 8.39. The summed E-state index contributed by atoms with van der Waals surface area (Å²) >= 11 is 0. The predicted molar refractivity (Wildman–Crippen MR) is 98.8 cm³/mol. The van der Waals surface area contributed by atoms with Crippen molar-refractivity contribution in [1.82, 2.24) is 5.32 Å². The average molecular weight is 326 g/mol. The molecule has 0 fully saturated rings. The van der Waals surface area contributed by atoms with Gasteiger partial charge in [0, 0.05) is 23.8 Å². The van der Waals surface area contributed by atoms with Crippen LogP contribution >= 0.6 is 0 Å². The van der Waals surface area contributed by atoms with Gasteiger partial charge in [-0.1, -0.05) is 38.1 Å². The summed E-state index contributed by atoms with van der Waals surface area (Å²) in [4.78, 5) is 12.4. The van der Waals surface area contributed by atoms with Crippen LogP contribution in [0.4, 0.5) is 5.69 Å². The Morgan fingerprint density at radius 1 is 1.12 bits per heavy atom. The van der Waals surface area contributed by atoms with Crippen LogP contribution in [-0.4, -0.2) is 25.6 Å². The van der Waals surface area contributed by atoms with Crippen molar-refractivity contribution in [3.8, 4) is 5.75 Å². The minimum atomic E-state index is -0.0891. The first-order chi connectivity index (χ1) is 11.5. The summed E-state index contributed by atoms with van der Waals surface area (Å²) < 4.78 is 5.29. The molecule has 0 saturated carbocycles. The summed E-state index contributed by atoms with van der Waals surface area (Å²) in [5, 5.41) is 6.49. The summed E-state index contributed by atoms with van der Waals surface area (Å²) in [5.74, 6) is 1.03. The molecule has 2 aromatic carbocycles. The Morgan fingerprint density at radius 3 is 2.46 bits per heavy atom. The molecule has 0 heterocycles. The number of carbonyl (C=O) groups is 1. The molecule has 4 heteroatoms. The molecule has 1 atom stereocenters. The van der Waals surface area contributed by atoms with Crippen molar-refractivity contribution in [2.45, 2.75) is 26.8 Å². The highest BCUT2D eigenvalue weighted by Crippen LogP contribution is 2.19. The minimum Gasteiger partial charge on any atom is -0.496 e. The Bertz CT molecular complexity index is 669. The number of aryl methyl sites for hydroxylation is 1. The number of ether oxygens (including phenoxy) is 1. The molecule has 2 aromatic rings. The molecule has 0 aliphatic carbocycles. The predicted octanol–water partition coefficient (Wildman–Crippen LogP) is 3.87. The van der Waals surface area contributed by atoms with Gasteiger partial charge in [-0.2, -0.15) is 0 Å². The molecule has 24 heavy (non-hydrogen) atoms. The van der Waals surface area contributed by atoms with Gasteiger partial charge in [0.2, 0.25) is 0 Å². The molecule has 0 spiro atoms. The zero-order chi connectivity index (χ0) is 17.5. The Hall–Kier alpha value is -2.49.